The lowest BCUT2D eigenvalue weighted by Crippen LogP contribution is -2.17. The first kappa shape index (κ1) is 16.7. The van der Waals surface area contributed by atoms with Gasteiger partial charge < -0.3 is 9.88 Å². The minimum Gasteiger partial charge on any atom is -0.351 e. The fourth-order valence-electron chi connectivity index (χ4n) is 2.82. The third kappa shape index (κ3) is 3.07. The second-order valence-electron chi connectivity index (χ2n) is 6.24. The van der Waals surface area contributed by atoms with Crippen LogP contribution >= 0.6 is 0 Å². The number of nitrogens with zero attached hydrogens (tertiary/aromatic N) is 2. The Kier molecular flexibility index (Phi) is 3.97. The molecule has 7 nitrogen and oxygen atoms in total. The van der Waals surface area contributed by atoms with Crippen molar-refractivity contribution >= 4 is 21.7 Å². The van der Waals surface area contributed by atoms with E-state index in [1.54, 1.807) is 6.92 Å². The van der Waals surface area contributed by atoms with Crippen LogP contribution in [0.5, 0.6) is 0 Å². The molecule has 24 heavy (non-hydrogen) atoms. The predicted octanol–water partition coefficient (Wildman–Crippen LogP) is 1.81. The topological polar surface area (TPSA) is 107 Å². The molecule has 3 rings (SSSR count). The molecule has 0 aromatic carbocycles. The number of hydrogen-bond acceptors (Lipinski definition) is 4. The third-order valence-electron chi connectivity index (χ3n) is 4.42. The summed E-state index contributed by atoms with van der Waals surface area (Å²) in [6.07, 6.45) is 3.48. The molecule has 0 aliphatic heterocycles. The summed E-state index contributed by atoms with van der Waals surface area (Å²) in [7, 11) is -1.86. The van der Waals surface area contributed by atoms with Crippen LogP contribution in [0.2, 0.25) is 0 Å². The summed E-state index contributed by atoms with van der Waals surface area (Å²) in [5.41, 5.74) is 3.11. The van der Waals surface area contributed by atoms with Crippen LogP contribution in [0.15, 0.2) is 23.2 Å². The molecule has 2 heterocycles. The van der Waals surface area contributed by atoms with Crippen LogP contribution in [0.1, 0.15) is 46.1 Å². The van der Waals surface area contributed by atoms with E-state index in [1.165, 1.54) is 11.8 Å². The molecular weight excluding hydrogens is 328 g/mol. The van der Waals surface area contributed by atoms with Crippen molar-refractivity contribution in [1.29, 1.82) is 0 Å². The highest BCUT2D eigenvalue weighted by Gasteiger charge is 2.29. The molecule has 2 aromatic rings. The first-order valence-electron chi connectivity index (χ1n) is 7.65. The first-order chi connectivity index (χ1) is 11.2. The van der Waals surface area contributed by atoms with E-state index in [-0.39, 0.29) is 10.8 Å². The molecule has 1 fully saturated rings. The van der Waals surface area contributed by atoms with Crippen molar-refractivity contribution in [3.05, 3.63) is 40.8 Å². The molecule has 2 aromatic heterocycles. The Bertz CT molecular complexity index is 927. The number of nitrogens with one attached hydrogen (secondary N) is 1. The number of amides is 1. The van der Waals surface area contributed by atoms with Crippen molar-refractivity contribution in [2.75, 3.05) is 5.32 Å². The number of aryl methyl sites for hydroxylation is 1. The van der Waals surface area contributed by atoms with E-state index in [9.17, 15) is 13.2 Å². The second kappa shape index (κ2) is 5.71. The van der Waals surface area contributed by atoms with E-state index >= 15 is 0 Å². The van der Waals surface area contributed by atoms with Gasteiger partial charge in [0.15, 0.2) is 0 Å². The van der Waals surface area contributed by atoms with Gasteiger partial charge in [-0.1, -0.05) is 0 Å². The number of hydrogen-bond donors (Lipinski definition) is 2. The lowest BCUT2D eigenvalue weighted by molar-refractivity contribution is 0.102. The number of anilines is 1. The molecule has 1 aliphatic rings. The fraction of sp³-hybridized carbons (Fsp3) is 0.375. The lowest BCUT2D eigenvalue weighted by atomic mass is 10.2. The van der Waals surface area contributed by atoms with E-state index in [4.69, 9.17) is 5.14 Å². The molecule has 8 heteroatoms. The zero-order valence-corrected chi connectivity index (χ0v) is 14.6. The molecule has 1 saturated carbocycles. The van der Waals surface area contributed by atoms with Crippen LogP contribution in [0.3, 0.4) is 0 Å². The van der Waals surface area contributed by atoms with Gasteiger partial charge in [-0.25, -0.2) is 18.5 Å². The smallest absolute Gasteiger partial charge is 0.258 e. The zero-order chi connectivity index (χ0) is 17.6. The Hall–Kier alpha value is -2.19. The first-order valence-corrected chi connectivity index (χ1v) is 9.20. The third-order valence-corrected chi connectivity index (χ3v) is 5.46. The van der Waals surface area contributed by atoms with Gasteiger partial charge in [-0.15, -0.1) is 0 Å². The summed E-state index contributed by atoms with van der Waals surface area (Å²) in [5.74, 6) is 0.580. The van der Waals surface area contributed by atoms with Gasteiger partial charge in [-0.05, 0) is 50.3 Å². The summed E-state index contributed by atoms with van der Waals surface area (Å²) in [4.78, 5) is 16.5. The van der Waals surface area contributed by atoms with Gasteiger partial charge in [0, 0.05) is 24.6 Å². The van der Waals surface area contributed by atoms with E-state index in [1.807, 2.05) is 20.0 Å². The number of nitrogens with two attached hydrogens (primary N) is 1. The number of carbonyl (C=O) groups is 1. The molecule has 128 valence electrons. The molecule has 0 saturated heterocycles. The van der Waals surface area contributed by atoms with Crippen LogP contribution in [-0.4, -0.2) is 23.9 Å². The van der Waals surface area contributed by atoms with E-state index in [0.29, 0.717) is 22.9 Å². The van der Waals surface area contributed by atoms with Crippen molar-refractivity contribution < 1.29 is 13.2 Å². The molecule has 0 atom stereocenters. The average molecular weight is 348 g/mol. The zero-order valence-electron chi connectivity index (χ0n) is 13.8. The minimum atomic E-state index is -3.82. The van der Waals surface area contributed by atoms with Gasteiger partial charge in [0.05, 0.1) is 5.56 Å². The van der Waals surface area contributed by atoms with Crippen molar-refractivity contribution in [2.24, 2.45) is 12.2 Å². The van der Waals surface area contributed by atoms with Gasteiger partial charge in [0.1, 0.15) is 10.7 Å². The number of aromatic nitrogens is 2. The molecule has 1 amide bonds. The summed E-state index contributed by atoms with van der Waals surface area (Å²) in [6, 6.07) is 3.42. The average Bonchev–Trinajstić information content (AvgIpc) is 3.26. The van der Waals surface area contributed by atoms with Gasteiger partial charge in [0.2, 0.25) is 10.0 Å². The molecule has 0 spiro atoms. The Morgan fingerprint density at radius 3 is 2.54 bits per heavy atom. The van der Waals surface area contributed by atoms with Gasteiger partial charge in [0.25, 0.3) is 5.91 Å². The normalized spacial score (nSPS) is 14.7. The number of carbonyl (C=O) groups excluding carboxylic acids is 1. The van der Waals surface area contributed by atoms with E-state index < -0.39 is 10.0 Å². The number of pyridine rings is 1. The highest BCUT2D eigenvalue weighted by Crippen LogP contribution is 2.41. The summed E-state index contributed by atoms with van der Waals surface area (Å²) < 4.78 is 24.9. The molecule has 3 N–H and O–H groups in total. The SMILES string of the molecule is Cc1cc(NC(=O)c2cc(C3CC3)n(C)c2C)ncc1S(N)(=O)=O. The second-order valence-corrected chi connectivity index (χ2v) is 7.77. The van der Waals surface area contributed by atoms with Gasteiger partial charge in [-0.2, -0.15) is 0 Å². The maximum atomic E-state index is 12.5. The van der Waals surface area contributed by atoms with Crippen LogP contribution in [0.25, 0.3) is 0 Å². The monoisotopic (exact) mass is 348 g/mol. The van der Waals surface area contributed by atoms with Crippen LogP contribution in [0, 0.1) is 13.8 Å². The molecule has 1 aliphatic carbocycles. The van der Waals surface area contributed by atoms with E-state index in [0.717, 1.165) is 24.7 Å². The highest BCUT2D eigenvalue weighted by molar-refractivity contribution is 7.89. The molecule has 0 bridgehead atoms. The van der Waals surface area contributed by atoms with Crippen LogP contribution in [0.4, 0.5) is 5.82 Å². The standard InChI is InChI=1S/C16H20N4O3S/c1-9-6-15(18-8-14(9)24(17,22)23)19-16(21)12-7-13(11-4-5-11)20(3)10(12)2/h6-8,11H,4-5H2,1-3H3,(H2,17,22,23)(H,18,19,21). The predicted molar refractivity (Wildman–Crippen MR) is 90.4 cm³/mol. The van der Waals surface area contributed by atoms with Crippen molar-refractivity contribution in [2.45, 2.75) is 37.5 Å². The number of primary sulfonamides is 1. The molecular formula is C16H20N4O3S. The summed E-state index contributed by atoms with van der Waals surface area (Å²) >= 11 is 0. The van der Waals surface area contributed by atoms with Gasteiger partial charge >= 0.3 is 0 Å². The maximum absolute atomic E-state index is 12.5. The van der Waals surface area contributed by atoms with Gasteiger partial charge in [-0.3, -0.25) is 4.79 Å². The van der Waals surface area contributed by atoms with Crippen LogP contribution < -0.4 is 10.5 Å². The lowest BCUT2D eigenvalue weighted by Gasteiger charge is -2.08. The molecule has 0 radical (unpaired) electrons. The van der Waals surface area contributed by atoms with Crippen LogP contribution in [-0.2, 0) is 17.1 Å². The number of rotatable bonds is 4. The maximum Gasteiger partial charge on any atom is 0.258 e. The Labute approximate surface area is 140 Å². The highest BCUT2D eigenvalue weighted by atomic mass is 32.2. The Balaban J connectivity index is 1.85. The summed E-state index contributed by atoms with van der Waals surface area (Å²) in [6.45, 7) is 3.51. The van der Waals surface area contributed by atoms with E-state index in [2.05, 4.69) is 14.9 Å². The fourth-order valence-corrected chi connectivity index (χ4v) is 3.52. The van der Waals surface area contributed by atoms with Crippen molar-refractivity contribution in [3.8, 4) is 0 Å². The quantitative estimate of drug-likeness (QED) is 0.878. The van der Waals surface area contributed by atoms with Crippen molar-refractivity contribution in [1.82, 2.24) is 9.55 Å². The molecule has 0 unspecified atom stereocenters. The minimum absolute atomic E-state index is 0.0487. The Morgan fingerprint density at radius 1 is 1.33 bits per heavy atom. The number of sulfonamides is 1. The summed E-state index contributed by atoms with van der Waals surface area (Å²) in [5, 5.41) is 7.83. The van der Waals surface area contributed by atoms with Crippen molar-refractivity contribution in [3.63, 3.8) is 0 Å². The Morgan fingerprint density at radius 2 is 2.00 bits per heavy atom. The largest absolute Gasteiger partial charge is 0.351 e.